The summed E-state index contributed by atoms with van der Waals surface area (Å²) in [5.74, 6) is -0.164. The van der Waals surface area contributed by atoms with Gasteiger partial charge in [-0.25, -0.2) is 4.39 Å². The first-order valence-corrected chi connectivity index (χ1v) is 10.6. The maximum atomic E-state index is 13.8. The lowest BCUT2D eigenvalue weighted by molar-refractivity contribution is -0.132. The molecule has 0 saturated carbocycles. The molecule has 1 aliphatic heterocycles. The average molecular weight is 498 g/mol. The second-order valence-electron chi connectivity index (χ2n) is 7.24. The molecule has 0 aliphatic carbocycles. The van der Waals surface area contributed by atoms with Crippen LogP contribution in [0.15, 0.2) is 51.4 Å². The van der Waals surface area contributed by atoms with Crippen LogP contribution in [-0.4, -0.2) is 30.9 Å². The molecule has 0 atom stereocenters. The molecule has 2 aromatic carbocycles. The fraction of sp³-hybridized carbons (Fsp3) is 0.381. The summed E-state index contributed by atoms with van der Waals surface area (Å²) in [5, 5.41) is 3.35. The van der Waals surface area contributed by atoms with Gasteiger partial charge < -0.3 is 10.2 Å². The van der Waals surface area contributed by atoms with Gasteiger partial charge in [0.05, 0.1) is 0 Å². The van der Waals surface area contributed by atoms with Crippen molar-refractivity contribution in [2.24, 2.45) is 0 Å². The third-order valence-electron chi connectivity index (χ3n) is 5.26. The van der Waals surface area contributed by atoms with Crippen molar-refractivity contribution in [3.05, 3.63) is 68.4 Å². The molecule has 0 radical (unpaired) electrons. The highest BCUT2D eigenvalue weighted by Gasteiger charge is 2.37. The van der Waals surface area contributed by atoms with E-state index < -0.39 is 0 Å². The van der Waals surface area contributed by atoms with E-state index in [4.69, 9.17) is 0 Å². The number of halogens is 3. The van der Waals surface area contributed by atoms with Gasteiger partial charge in [0.15, 0.2) is 0 Å². The summed E-state index contributed by atoms with van der Waals surface area (Å²) in [4.78, 5) is 14.8. The summed E-state index contributed by atoms with van der Waals surface area (Å²) in [5.41, 5.74) is 1.67. The summed E-state index contributed by atoms with van der Waals surface area (Å²) in [6, 6.07) is 12.7. The Morgan fingerprint density at radius 1 is 1.15 bits per heavy atom. The summed E-state index contributed by atoms with van der Waals surface area (Å²) in [6.07, 6.45) is 2.06. The lowest BCUT2D eigenvalue weighted by Crippen LogP contribution is -2.43. The van der Waals surface area contributed by atoms with Crippen molar-refractivity contribution in [3.63, 3.8) is 0 Å². The number of carbonyl (C=O) groups excluding carboxylic acids is 1. The van der Waals surface area contributed by atoms with E-state index in [1.165, 1.54) is 6.07 Å². The third-order valence-corrected chi connectivity index (χ3v) is 6.17. The van der Waals surface area contributed by atoms with E-state index >= 15 is 0 Å². The van der Waals surface area contributed by atoms with Gasteiger partial charge in [0.25, 0.3) is 0 Å². The molecule has 3 rings (SSSR count). The normalized spacial score (nSPS) is 16.1. The van der Waals surface area contributed by atoms with E-state index in [-0.39, 0.29) is 17.1 Å². The van der Waals surface area contributed by atoms with Crippen LogP contribution in [0.25, 0.3) is 0 Å². The minimum absolute atomic E-state index is 0.0808. The van der Waals surface area contributed by atoms with Crippen molar-refractivity contribution in [2.75, 3.05) is 20.1 Å². The molecular weight excluding hydrogens is 475 g/mol. The van der Waals surface area contributed by atoms with Gasteiger partial charge in [0, 0.05) is 34.4 Å². The maximum Gasteiger partial charge on any atom is 0.223 e. The Morgan fingerprint density at radius 3 is 2.44 bits per heavy atom. The molecule has 1 fully saturated rings. The van der Waals surface area contributed by atoms with Crippen LogP contribution in [0.3, 0.4) is 0 Å². The SMILES string of the molecule is CN(Cc1cc(Br)cc(Br)c1)C(=O)CC1(c2cccc(F)c2)CCNCC1. The number of rotatable bonds is 5. The molecule has 0 spiro atoms. The lowest BCUT2D eigenvalue weighted by Gasteiger charge is -2.38. The van der Waals surface area contributed by atoms with Crippen LogP contribution < -0.4 is 5.32 Å². The predicted molar refractivity (Wildman–Crippen MR) is 113 cm³/mol. The molecule has 1 aliphatic rings. The molecule has 0 bridgehead atoms. The van der Waals surface area contributed by atoms with E-state index in [1.54, 1.807) is 17.0 Å². The van der Waals surface area contributed by atoms with E-state index in [1.807, 2.05) is 31.3 Å². The second kappa shape index (κ2) is 8.84. The minimum atomic E-state index is -0.309. The van der Waals surface area contributed by atoms with E-state index in [2.05, 4.69) is 37.2 Å². The van der Waals surface area contributed by atoms with Crippen LogP contribution in [0.4, 0.5) is 4.39 Å². The maximum absolute atomic E-state index is 13.8. The highest BCUT2D eigenvalue weighted by molar-refractivity contribution is 9.11. The molecule has 27 heavy (non-hydrogen) atoms. The molecule has 0 unspecified atom stereocenters. The number of piperidine rings is 1. The molecule has 0 aromatic heterocycles. The van der Waals surface area contributed by atoms with Gasteiger partial charge in [-0.05, 0) is 67.4 Å². The van der Waals surface area contributed by atoms with Crippen LogP contribution in [0.5, 0.6) is 0 Å². The largest absolute Gasteiger partial charge is 0.341 e. The average Bonchev–Trinajstić information content (AvgIpc) is 2.61. The van der Waals surface area contributed by atoms with Crippen LogP contribution >= 0.6 is 31.9 Å². The summed E-state index contributed by atoms with van der Waals surface area (Å²) in [7, 11) is 1.83. The monoisotopic (exact) mass is 496 g/mol. The fourth-order valence-electron chi connectivity index (χ4n) is 3.78. The summed E-state index contributed by atoms with van der Waals surface area (Å²) in [6.45, 7) is 2.21. The number of nitrogens with zero attached hydrogens (tertiary/aromatic N) is 1. The van der Waals surface area contributed by atoms with Gasteiger partial charge in [-0.2, -0.15) is 0 Å². The highest BCUT2D eigenvalue weighted by atomic mass is 79.9. The predicted octanol–water partition coefficient (Wildman–Crippen LogP) is 5.02. The van der Waals surface area contributed by atoms with Crippen molar-refractivity contribution >= 4 is 37.8 Å². The van der Waals surface area contributed by atoms with Crippen molar-refractivity contribution < 1.29 is 9.18 Å². The first-order chi connectivity index (χ1) is 12.9. The Bertz CT molecular complexity index is 801. The van der Waals surface area contributed by atoms with Crippen molar-refractivity contribution in [2.45, 2.75) is 31.2 Å². The second-order valence-corrected chi connectivity index (χ2v) is 9.08. The number of benzene rings is 2. The van der Waals surface area contributed by atoms with Crippen LogP contribution in [0.2, 0.25) is 0 Å². The Morgan fingerprint density at radius 2 is 1.81 bits per heavy atom. The van der Waals surface area contributed by atoms with Crippen LogP contribution in [-0.2, 0) is 16.8 Å². The van der Waals surface area contributed by atoms with Gasteiger partial charge in [-0.15, -0.1) is 0 Å². The molecule has 1 amide bonds. The van der Waals surface area contributed by atoms with Crippen molar-refractivity contribution in [1.82, 2.24) is 10.2 Å². The molecule has 6 heteroatoms. The summed E-state index contributed by atoms with van der Waals surface area (Å²) < 4.78 is 15.8. The Hall–Kier alpha value is -1.24. The van der Waals surface area contributed by atoms with Crippen molar-refractivity contribution in [1.29, 1.82) is 0 Å². The molecular formula is C21H23Br2FN2O. The van der Waals surface area contributed by atoms with Gasteiger partial charge in [0.1, 0.15) is 5.82 Å². The van der Waals surface area contributed by atoms with Gasteiger partial charge in [-0.1, -0.05) is 44.0 Å². The minimum Gasteiger partial charge on any atom is -0.341 e. The van der Waals surface area contributed by atoms with E-state index in [9.17, 15) is 9.18 Å². The quantitative estimate of drug-likeness (QED) is 0.628. The topological polar surface area (TPSA) is 32.3 Å². The standard InChI is InChI=1S/C21H23Br2FN2O/c1-26(14-15-9-17(22)12-18(23)10-15)20(27)13-21(5-7-25-8-6-21)16-3-2-4-19(24)11-16/h2-4,9-12,25H,5-8,13-14H2,1H3. The third kappa shape index (κ3) is 5.18. The molecule has 144 valence electrons. The van der Waals surface area contributed by atoms with E-state index in [0.717, 1.165) is 46.0 Å². The van der Waals surface area contributed by atoms with Gasteiger partial charge in [-0.3, -0.25) is 4.79 Å². The van der Waals surface area contributed by atoms with E-state index in [0.29, 0.717) is 13.0 Å². The Labute approximate surface area is 176 Å². The van der Waals surface area contributed by atoms with Crippen LogP contribution in [0, 0.1) is 5.82 Å². The Balaban J connectivity index is 1.78. The zero-order valence-corrected chi connectivity index (χ0v) is 18.4. The summed E-state index contributed by atoms with van der Waals surface area (Å²) >= 11 is 6.98. The van der Waals surface area contributed by atoms with Crippen LogP contribution in [0.1, 0.15) is 30.4 Å². The fourth-order valence-corrected chi connectivity index (χ4v) is 5.17. The number of carbonyl (C=O) groups is 1. The number of amides is 1. The van der Waals surface area contributed by atoms with Crippen molar-refractivity contribution in [3.8, 4) is 0 Å². The molecule has 1 saturated heterocycles. The molecule has 1 N–H and O–H groups in total. The molecule has 1 heterocycles. The first-order valence-electron chi connectivity index (χ1n) is 9.04. The number of hydrogen-bond donors (Lipinski definition) is 1. The van der Waals surface area contributed by atoms with Gasteiger partial charge in [0.2, 0.25) is 5.91 Å². The smallest absolute Gasteiger partial charge is 0.223 e. The molecule has 2 aromatic rings. The lowest BCUT2D eigenvalue weighted by atomic mass is 9.70. The number of nitrogens with one attached hydrogen (secondary N) is 1. The first kappa shape index (κ1) is 20.5. The number of hydrogen-bond acceptors (Lipinski definition) is 2. The molecule has 3 nitrogen and oxygen atoms in total. The zero-order chi connectivity index (χ0) is 19.4. The zero-order valence-electron chi connectivity index (χ0n) is 15.3. The Kier molecular flexibility index (Phi) is 6.71. The van der Waals surface area contributed by atoms with Gasteiger partial charge >= 0.3 is 0 Å². The highest BCUT2D eigenvalue weighted by Crippen LogP contribution is 2.37.